The molecule has 1 atom stereocenters. The van der Waals surface area contributed by atoms with Crippen molar-refractivity contribution in [2.45, 2.75) is 25.9 Å². The first-order chi connectivity index (χ1) is 14.4. The van der Waals surface area contributed by atoms with E-state index in [1.54, 1.807) is 0 Å². The summed E-state index contributed by atoms with van der Waals surface area (Å²) in [6, 6.07) is 15.7. The van der Waals surface area contributed by atoms with Crippen molar-refractivity contribution in [2.24, 2.45) is 0 Å². The minimum Gasteiger partial charge on any atom is -0.354 e. The Morgan fingerprint density at radius 1 is 1.27 bits per heavy atom. The van der Waals surface area contributed by atoms with Gasteiger partial charge in [-0.15, -0.1) is 0 Å². The molecule has 3 rings (SSSR count). The normalized spacial score (nSPS) is 12.2. The summed E-state index contributed by atoms with van der Waals surface area (Å²) in [6.07, 6.45) is 0.301. The second-order valence-corrected chi connectivity index (χ2v) is 8.22. The molecule has 2 N–H and O–H groups in total. The van der Waals surface area contributed by atoms with Gasteiger partial charge in [0.25, 0.3) is 0 Å². The van der Waals surface area contributed by atoms with E-state index in [4.69, 9.17) is 23.8 Å². The quantitative estimate of drug-likeness (QED) is 0.507. The molecular weight excluding hydrogens is 418 g/mol. The Balaban J connectivity index is 1.65. The molecule has 0 aliphatic heterocycles. The number of nitrogens with zero attached hydrogens (tertiary/aromatic N) is 3. The van der Waals surface area contributed by atoms with Gasteiger partial charge in [0.1, 0.15) is 0 Å². The smallest absolute Gasteiger partial charge is 0.221 e. The van der Waals surface area contributed by atoms with Crippen LogP contribution in [0.1, 0.15) is 23.6 Å². The van der Waals surface area contributed by atoms with Crippen LogP contribution >= 0.6 is 23.8 Å². The van der Waals surface area contributed by atoms with Crippen molar-refractivity contribution < 1.29 is 4.79 Å². The number of carbonyl (C=O) groups is 1. The van der Waals surface area contributed by atoms with Crippen LogP contribution in [0.4, 0.5) is 0 Å². The van der Waals surface area contributed by atoms with Gasteiger partial charge in [-0.1, -0.05) is 53.6 Å². The summed E-state index contributed by atoms with van der Waals surface area (Å²) in [4.78, 5) is 14.6. The number of aryl methyl sites for hydroxylation is 1. The number of likely N-dealkylation sites (N-methyl/N-ethyl adjacent to an activating group) is 1. The molecule has 0 aliphatic rings. The largest absolute Gasteiger partial charge is 0.354 e. The van der Waals surface area contributed by atoms with Crippen LogP contribution in [0.25, 0.3) is 11.4 Å². The lowest BCUT2D eigenvalue weighted by Gasteiger charge is -2.26. The third-order valence-electron chi connectivity index (χ3n) is 4.98. The Morgan fingerprint density at radius 2 is 2.03 bits per heavy atom. The highest BCUT2D eigenvalue weighted by Gasteiger charge is 2.18. The number of hydrogen-bond donors (Lipinski definition) is 2. The highest BCUT2D eigenvalue weighted by molar-refractivity contribution is 7.71. The second kappa shape index (κ2) is 10.0. The molecule has 0 fully saturated rings. The summed E-state index contributed by atoms with van der Waals surface area (Å²) in [5, 5.41) is 10.9. The summed E-state index contributed by atoms with van der Waals surface area (Å²) in [5.41, 5.74) is 3.09. The fraction of sp³-hybridized carbons (Fsp3) is 0.318. The Bertz CT molecular complexity index is 1080. The van der Waals surface area contributed by atoms with Crippen molar-refractivity contribution in [3.05, 3.63) is 69.5 Å². The fourth-order valence-corrected chi connectivity index (χ4v) is 3.84. The zero-order chi connectivity index (χ0) is 21.7. The van der Waals surface area contributed by atoms with Gasteiger partial charge in [0.2, 0.25) is 5.91 Å². The number of carbonyl (C=O) groups excluding carboxylic acids is 1. The van der Waals surface area contributed by atoms with Crippen LogP contribution in [0.2, 0.25) is 5.02 Å². The molecule has 6 nitrogen and oxygen atoms in total. The molecule has 1 heterocycles. The van der Waals surface area contributed by atoms with Gasteiger partial charge in [0.15, 0.2) is 10.6 Å². The van der Waals surface area contributed by atoms with Crippen molar-refractivity contribution in [3.8, 4) is 11.4 Å². The zero-order valence-electron chi connectivity index (χ0n) is 17.4. The topological polar surface area (TPSA) is 66.0 Å². The fourth-order valence-electron chi connectivity index (χ4n) is 3.36. The zero-order valence-corrected chi connectivity index (χ0v) is 18.9. The third kappa shape index (κ3) is 5.36. The molecule has 0 saturated heterocycles. The summed E-state index contributed by atoms with van der Waals surface area (Å²) < 4.78 is 2.36. The highest BCUT2D eigenvalue weighted by Crippen LogP contribution is 2.25. The average molecular weight is 444 g/mol. The summed E-state index contributed by atoms with van der Waals surface area (Å²) in [6.45, 7) is 2.95. The maximum Gasteiger partial charge on any atom is 0.221 e. The highest BCUT2D eigenvalue weighted by atomic mass is 35.5. The first-order valence-electron chi connectivity index (χ1n) is 9.76. The SMILES string of the molecule is Cc1cccc(-c2n[nH]c(=S)n2CCC(=O)NC[C@@H](c2ccccc2Cl)N(C)C)c1. The first-order valence-corrected chi connectivity index (χ1v) is 10.5. The van der Waals surface area contributed by atoms with Crippen LogP contribution in [-0.2, 0) is 11.3 Å². The molecule has 0 aliphatic carbocycles. The summed E-state index contributed by atoms with van der Waals surface area (Å²) in [7, 11) is 3.94. The van der Waals surface area contributed by atoms with Gasteiger partial charge in [-0.2, -0.15) is 5.10 Å². The van der Waals surface area contributed by atoms with Crippen LogP contribution in [0.3, 0.4) is 0 Å². The minimum atomic E-state index is -0.0489. The third-order valence-corrected chi connectivity index (χ3v) is 5.63. The lowest BCUT2D eigenvalue weighted by molar-refractivity contribution is -0.121. The maximum atomic E-state index is 12.6. The predicted octanol–water partition coefficient (Wildman–Crippen LogP) is 4.38. The van der Waals surface area contributed by atoms with Crippen molar-refractivity contribution in [1.29, 1.82) is 0 Å². The van der Waals surface area contributed by atoms with Gasteiger partial charge in [-0.25, -0.2) is 0 Å². The van der Waals surface area contributed by atoms with E-state index in [0.717, 1.165) is 22.5 Å². The van der Waals surface area contributed by atoms with Gasteiger partial charge < -0.3 is 10.2 Å². The van der Waals surface area contributed by atoms with Gasteiger partial charge in [-0.3, -0.25) is 14.5 Å². The summed E-state index contributed by atoms with van der Waals surface area (Å²) >= 11 is 11.7. The van der Waals surface area contributed by atoms with E-state index in [0.29, 0.717) is 29.3 Å². The number of amides is 1. The Labute approximate surface area is 186 Å². The molecule has 158 valence electrons. The van der Waals surface area contributed by atoms with Crippen LogP contribution < -0.4 is 5.32 Å². The van der Waals surface area contributed by atoms with E-state index in [1.807, 2.05) is 79.0 Å². The molecule has 0 radical (unpaired) electrons. The molecule has 8 heteroatoms. The second-order valence-electron chi connectivity index (χ2n) is 7.43. The molecule has 30 heavy (non-hydrogen) atoms. The van der Waals surface area contributed by atoms with Crippen LogP contribution in [-0.4, -0.2) is 46.2 Å². The van der Waals surface area contributed by atoms with Crippen LogP contribution in [0.5, 0.6) is 0 Å². The molecule has 1 amide bonds. The van der Waals surface area contributed by atoms with E-state index >= 15 is 0 Å². The lowest BCUT2D eigenvalue weighted by atomic mass is 10.1. The monoisotopic (exact) mass is 443 g/mol. The van der Waals surface area contributed by atoms with E-state index in [9.17, 15) is 4.79 Å². The average Bonchev–Trinajstić information content (AvgIpc) is 3.08. The molecule has 1 aromatic heterocycles. The van der Waals surface area contributed by atoms with Gasteiger partial charge in [-0.05, 0) is 50.9 Å². The lowest BCUT2D eigenvalue weighted by Crippen LogP contribution is -2.35. The molecule has 3 aromatic rings. The van der Waals surface area contributed by atoms with E-state index in [2.05, 4.69) is 15.5 Å². The number of rotatable bonds is 8. The minimum absolute atomic E-state index is 0.0124. The van der Waals surface area contributed by atoms with Crippen molar-refractivity contribution in [2.75, 3.05) is 20.6 Å². The van der Waals surface area contributed by atoms with Crippen LogP contribution in [0, 0.1) is 11.7 Å². The van der Waals surface area contributed by atoms with E-state index in [1.165, 1.54) is 0 Å². The van der Waals surface area contributed by atoms with E-state index in [-0.39, 0.29) is 11.9 Å². The standard InChI is InChI=1S/C22H26ClN5OS/c1-15-7-6-8-16(13-15)21-25-26-22(30)28(21)12-11-20(29)24-14-19(27(2)3)17-9-4-5-10-18(17)23/h4-10,13,19H,11-12,14H2,1-3H3,(H,24,29)(H,26,30)/t19-/m0/s1. The first kappa shape index (κ1) is 22.2. The number of aromatic nitrogens is 3. The Kier molecular flexibility index (Phi) is 7.42. The number of hydrogen-bond acceptors (Lipinski definition) is 4. The number of H-pyrrole nitrogens is 1. The number of nitrogens with one attached hydrogen (secondary N) is 2. The molecule has 0 bridgehead atoms. The maximum absolute atomic E-state index is 12.6. The molecule has 0 saturated carbocycles. The molecule has 0 unspecified atom stereocenters. The van der Waals surface area contributed by atoms with Gasteiger partial charge >= 0.3 is 0 Å². The predicted molar refractivity (Wildman–Crippen MR) is 123 cm³/mol. The number of aromatic amines is 1. The number of benzene rings is 2. The van der Waals surface area contributed by atoms with Gasteiger partial charge in [0, 0.05) is 30.1 Å². The molecule has 0 spiro atoms. The van der Waals surface area contributed by atoms with E-state index < -0.39 is 0 Å². The number of halogens is 1. The van der Waals surface area contributed by atoms with Crippen molar-refractivity contribution in [1.82, 2.24) is 25.0 Å². The van der Waals surface area contributed by atoms with Gasteiger partial charge in [0.05, 0.1) is 6.04 Å². The summed E-state index contributed by atoms with van der Waals surface area (Å²) in [5.74, 6) is 0.686. The van der Waals surface area contributed by atoms with Crippen molar-refractivity contribution in [3.63, 3.8) is 0 Å². The van der Waals surface area contributed by atoms with Crippen molar-refractivity contribution >= 4 is 29.7 Å². The Hall–Kier alpha value is -2.48. The Morgan fingerprint density at radius 3 is 2.73 bits per heavy atom. The van der Waals surface area contributed by atoms with Crippen LogP contribution in [0.15, 0.2) is 48.5 Å². The molecule has 2 aromatic carbocycles. The molecular formula is C22H26ClN5OS.